The maximum absolute atomic E-state index is 13.4. The first-order valence-corrected chi connectivity index (χ1v) is 14.8. The number of carbonyl (C=O) groups excluding carboxylic acids is 1. The third kappa shape index (κ3) is 3.82. The van der Waals surface area contributed by atoms with E-state index in [9.17, 15) is 9.90 Å². The number of hydrogen-bond acceptors (Lipinski definition) is 7. The van der Waals surface area contributed by atoms with E-state index in [0.717, 1.165) is 56.7 Å². The van der Waals surface area contributed by atoms with E-state index < -0.39 is 11.6 Å². The molecule has 1 saturated heterocycles. The largest absolute Gasteiger partial charge is 0.504 e. The summed E-state index contributed by atoms with van der Waals surface area (Å²) in [5.41, 5.74) is 1.15. The van der Waals surface area contributed by atoms with Gasteiger partial charge in [-0.15, -0.1) is 0 Å². The fourth-order valence-corrected chi connectivity index (χ4v) is 8.34. The third-order valence-electron chi connectivity index (χ3n) is 10.4. The predicted octanol–water partition coefficient (Wildman–Crippen LogP) is 4.33. The number of carbonyl (C=O) groups is 1. The number of phenols is 1. The topological polar surface area (TPSA) is 80.3 Å². The highest BCUT2D eigenvalue weighted by molar-refractivity contribution is 5.76. The maximum atomic E-state index is 13.4. The number of benzene rings is 1. The van der Waals surface area contributed by atoms with Gasteiger partial charge in [-0.25, -0.2) is 0 Å². The summed E-state index contributed by atoms with van der Waals surface area (Å²) in [6, 6.07) is 3.71. The molecule has 2 N–H and O–H groups in total. The summed E-state index contributed by atoms with van der Waals surface area (Å²) in [5, 5.41) is 14.7. The summed E-state index contributed by atoms with van der Waals surface area (Å²) in [6.45, 7) is 12.1. The number of esters is 1. The van der Waals surface area contributed by atoms with Crippen molar-refractivity contribution in [3.05, 3.63) is 23.3 Å². The van der Waals surface area contributed by atoms with E-state index >= 15 is 0 Å². The number of hydrogen-bond donors (Lipinski definition) is 2. The van der Waals surface area contributed by atoms with Gasteiger partial charge < -0.3 is 19.3 Å². The molecule has 3 fully saturated rings. The van der Waals surface area contributed by atoms with E-state index in [1.54, 1.807) is 6.07 Å². The summed E-state index contributed by atoms with van der Waals surface area (Å²) in [6.07, 6.45) is 6.90. The molecule has 1 aromatic carbocycles. The van der Waals surface area contributed by atoms with Crippen LogP contribution in [0.5, 0.6) is 11.5 Å². The number of ether oxygens (including phenoxy) is 3. The molecule has 210 valence electrons. The smallest absolute Gasteiger partial charge is 0.323 e. The predicted molar refractivity (Wildman–Crippen MR) is 146 cm³/mol. The third-order valence-corrected chi connectivity index (χ3v) is 10.4. The molecule has 1 spiro atoms. The Bertz CT molecular complexity index is 1100. The Labute approximate surface area is 227 Å². The Hall–Kier alpha value is -1.83. The van der Waals surface area contributed by atoms with Gasteiger partial charge in [-0.1, -0.05) is 26.3 Å². The van der Waals surface area contributed by atoms with E-state index in [-0.39, 0.29) is 46.8 Å². The van der Waals surface area contributed by atoms with Gasteiger partial charge in [0.1, 0.15) is 17.7 Å². The van der Waals surface area contributed by atoms with Crippen LogP contribution in [0.1, 0.15) is 84.3 Å². The Morgan fingerprint density at radius 1 is 1.26 bits per heavy atom. The standard InChI is InChI=1S/C31H46N2O5/c1-7-18(2)25(28(35)38-29(3,4)5)32-21-12-13-31(36-6)23-16-20-10-11-22(34)26-24(20)30(31,27(21)37-26)14-15-33(23)17-19-8-9-19/h10-11,18-19,21,23,25,27,32,34H,7-9,12-17H2,1-6H3/t18-,21+,23+,25-,27-,30-,31+/m0/s1. The van der Waals surface area contributed by atoms with Crippen LogP contribution in [0.25, 0.3) is 0 Å². The molecule has 7 atom stereocenters. The van der Waals surface area contributed by atoms with Gasteiger partial charge in [0.2, 0.25) is 0 Å². The van der Waals surface area contributed by atoms with Gasteiger partial charge in [-0.05, 0) is 89.3 Å². The minimum absolute atomic E-state index is 0.0572. The van der Waals surface area contributed by atoms with E-state index in [1.165, 1.54) is 18.4 Å². The fraction of sp³-hybridized carbons (Fsp3) is 0.774. The summed E-state index contributed by atoms with van der Waals surface area (Å²) < 4.78 is 19.4. The molecule has 2 bridgehead atoms. The number of methoxy groups -OCH3 is 1. The van der Waals surface area contributed by atoms with Crippen molar-refractivity contribution in [3.8, 4) is 11.5 Å². The highest BCUT2D eigenvalue weighted by Crippen LogP contribution is 2.66. The molecule has 2 saturated carbocycles. The molecule has 7 nitrogen and oxygen atoms in total. The SMILES string of the molecule is CC[C@H](C)[C@H](N[C@@H]1CC[C@@]2(OC)[C@H]3Cc4ccc(O)c5c4[C@@]2(CCN3CC2CC2)[C@H]1O5)C(=O)OC(C)(C)C. The normalized spacial score (nSPS) is 35.3. The average molecular weight is 527 g/mol. The fourth-order valence-electron chi connectivity index (χ4n) is 8.34. The number of piperidine rings is 1. The lowest BCUT2D eigenvalue weighted by molar-refractivity contribution is -0.208. The van der Waals surface area contributed by atoms with Crippen molar-refractivity contribution in [1.82, 2.24) is 10.2 Å². The zero-order valence-electron chi connectivity index (χ0n) is 24.0. The van der Waals surface area contributed by atoms with Crippen LogP contribution >= 0.6 is 0 Å². The number of nitrogens with one attached hydrogen (secondary N) is 1. The van der Waals surface area contributed by atoms with E-state index in [0.29, 0.717) is 5.75 Å². The van der Waals surface area contributed by atoms with E-state index in [1.807, 2.05) is 27.9 Å². The summed E-state index contributed by atoms with van der Waals surface area (Å²) >= 11 is 0. The highest BCUT2D eigenvalue weighted by Gasteiger charge is 2.74. The molecule has 5 aliphatic rings. The van der Waals surface area contributed by atoms with Crippen LogP contribution in [0.4, 0.5) is 0 Å². The second kappa shape index (κ2) is 9.10. The van der Waals surface area contributed by atoms with Crippen LogP contribution < -0.4 is 10.1 Å². The number of nitrogens with zero attached hydrogens (tertiary/aromatic N) is 1. The molecule has 38 heavy (non-hydrogen) atoms. The van der Waals surface area contributed by atoms with Gasteiger partial charge in [0.05, 0.1) is 11.0 Å². The number of phenolic OH excluding ortho intramolecular Hbond substituents is 1. The second-order valence-corrected chi connectivity index (χ2v) is 13.7. The number of rotatable bonds is 8. The second-order valence-electron chi connectivity index (χ2n) is 13.7. The van der Waals surface area contributed by atoms with E-state index in [4.69, 9.17) is 14.2 Å². The Kier molecular flexibility index (Phi) is 6.32. The molecular weight excluding hydrogens is 480 g/mol. The minimum Gasteiger partial charge on any atom is -0.504 e. The van der Waals surface area contributed by atoms with Crippen molar-refractivity contribution in [2.24, 2.45) is 11.8 Å². The monoisotopic (exact) mass is 526 g/mol. The molecule has 1 aromatic rings. The van der Waals surface area contributed by atoms with Crippen molar-refractivity contribution in [3.63, 3.8) is 0 Å². The lowest BCUT2D eigenvalue weighted by atomic mass is 9.48. The zero-order chi connectivity index (χ0) is 27.0. The Balaban J connectivity index is 1.40. The van der Waals surface area contributed by atoms with Crippen LogP contribution in [0.3, 0.4) is 0 Å². The van der Waals surface area contributed by atoms with Gasteiger partial charge >= 0.3 is 5.97 Å². The zero-order valence-corrected chi connectivity index (χ0v) is 24.0. The molecule has 7 heteroatoms. The van der Waals surface area contributed by atoms with Crippen molar-refractivity contribution in [1.29, 1.82) is 0 Å². The van der Waals surface area contributed by atoms with Crippen LogP contribution in [-0.4, -0.2) is 71.6 Å². The average Bonchev–Trinajstić information content (AvgIpc) is 3.61. The number of likely N-dealkylation sites (tertiary alicyclic amines) is 1. The van der Waals surface area contributed by atoms with Gasteiger partial charge in [-0.2, -0.15) is 0 Å². The molecule has 3 aliphatic carbocycles. The van der Waals surface area contributed by atoms with Crippen LogP contribution in [0, 0.1) is 11.8 Å². The van der Waals surface area contributed by atoms with Crippen molar-refractivity contribution < 1.29 is 24.1 Å². The van der Waals surface area contributed by atoms with Gasteiger partial charge in [-0.3, -0.25) is 15.0 Å². The minimum atomic E-state index is -0.549. The first kappa shape index (κ1) is 26.4. The lowest BCUT2D eigenvalue weighted by Crippen LogP contribution is -2.79. The number of aromatic hydroxyl groups is 1. The molecule has 0 aromatic heterocycles. The molecule has 0 unspecified atom stereocenters. The van der Waals surface area contributed by atoms with Crippen LogP contribution in [0.2, 0.25) is 0 Å². The highest BCUT2D eigenvalue weighted by atomic mass is 16.6. The molecule has 0 radical (unpaired) electrons. The summed E-state index contributed by atoms with van der Waals surface area (Å²) in [5.74, 6) is 1.57. The Morgan fingerprint density at radius 2 is 2.03 bits per heavy atom. The Morgan fingerprint density at radius 3 is 2.68 bits per heavy atom. The van der Waals surface area contributed by atoms with Crippen LogP contribution in [-0.2, 0) is 26.1 Å². The molecule has 2 heterocycles. The van der Waals surface area contributed by atoms with Crippen molar-refractivity contribution >= 4 is 5.97 Å². The molecule has 2 aliphatic heterocycles. The van der Waals surface area contributed by atoms with Gasteiger partial charge in [0.25, 0.3) is 0 Å². The lowest BCUT2D eigenvalue weighted by Gasteiger charge is -2.66. The first-order chi connectivity index (χ1) is 18.0. The summed E-state index contributed by atoms with van der Waals surface area (Å²) in [4.78, 5) is 16.1. The van der Waals surface area contributed by atoms with E-state index in [2.05, 4.69) is 30.1 Å². The van der Waals surface area contributed by atoms with Crippen LogP contribution in [0.15, 0.2) is 12.1 Å². The van der Waals surface area contributed by atoms with Gasteiger partial charge in [0.15, 0.2) is 11.5 Å². The van der Waals surface area contributed by atoms with Crippen molar-refractivity contribution in [2.75, 3.05) is 20.2 Å². The maximum Gasteiger partial charge on any atom is 0.323 e. The van der Waals surface area contributed by atoms with Crippen molar-refractivity contribution in [2.45, 2.75) is 120 Å². The molecule has 0 amide bonds. The first-order valence-electron chi connectivity index (χ1n) is 14.8. The quantitative estimate of drug-likeness (QED) is 0.488. The summed E-state index contributed by atoms with van der Waals surface area (Å²) in [7, 11) is 1.88. The molecule has 6 rings (SSSR count). The molecular formula is C31H46N2O5. The van der Waals surface area contributed by atoms with Gasteiger partial charge in [0, 0.05) is 31.3 Å².